The molecule has 0 saturated carbocycles. The first-order valence-electron chi connectivity index (χ1n) is 8.50. The van der Waals surface area contributed by atoms with Crippen LogP contribution in [0.2, 0.25) is 0 Å². The van der Waals surface area contributed by atoms with E-state index < -0.39 is 28.3 Å². The van der Waals surface area contributed by atoms with Gasteiger partial charge in [0.15, 0.2) is 0 Å². The molecule has 0 aromatic heterocycles. The number of hydrogen-bond donors (Lipinski definition) is 1. The fourth-order valence-corrected chi connectivity index (χ4v) is 3.22. The van der Waals surface area contributed by atoms with Crippen molar-refractivity contribution in [2.75, 3.05) is 23.7 Å². The molecule has 9 heteroatoms. The van der Waals surface area contributed by atoms with Crippen LogP contribution < -0.4 is 14.5 Å². The van der Waals surface area contributed by atoms with Crippen LogP contribution in [0.5, 0.6) is 5.75 Å². The molecule has 0 aliphatic rings. The molecule has 0 aliphatic carbocycles. The molecule has 1 amide bonds. The summed E-state index contributed by atoms with van der Waals surface area (Å²) in [5.41, 5.74) is 3.69. The van der Waals surface area contributed by atoms with Crippen molar-refractivity contribution in [1.82, 2.24) is 5.43 Å². The molecule has 2 aromatic carbocycles. The van der Waals surface area contributed by atoms with Crippen molar-refractivity contribution in [1.29, 1.82) is 0 Å². The number of hydrogen-bond acceptors (Lipinski definition) is 5. The minimum absolute atomic E-state index is 0.0601. The van der Waals surface area contributed by atoms with Crippen LogP contribution in [0.15, 0.2) is 53.6 Å². The molecule has 1 N–H and O–H groups in total. The molecule has 28 heavy (non-hydrogen) atoms. The minimum Gasteiger partial charge on any atom is -0.494 e. The number of rotatable bonds is 8. The molecule has 2 aromatic rings. The summed E-state index contributed by atoms with van der Waals surface area (Å²) in [7, 11) is -3.79. The first kappa shape index (κ1) is 21.4. The summed E-state index contributed by atoms with van der Waals surface area (Å²) in [5, 5.41) is 4.00. The molecule has 0 bridgehead atoms. The van der Waals surface area contributed by atoms with E-state index in [-0.39, 0.29) is 5.69 Å². The van der Waals surface area contributed by atoms with Gasteiger partial charge < -0.3 is 4.74 Å². The Hall–Kier alpha value is -2.94. The summed E-state index contributed by atoms with van der Waals surface area (Å²) < 4.78 is 43.6. The zero-order valence-electron chi connectivity index (χ0n) is 15.8. The van der Waals surface area contributed by atoms with Crippen molar-refractivity contribution in [3.05, 3.63) is 59.9 Å². The van der Waals surface area contributed by atoms with E-state index in [1.54, 1.807) is 31.2 Å². The van der Waals surface area contributed by atoms with E-state index in [1.807, 2.05) is 6.92 Å². The van der Waals surface area contributed by atoms with Crippen LogP contribution in [0.1, 0.15) is 19.4 Å². The van der Waals surface area contributed by atoms with E-state index in [9.17, 15) is 17.6 Å². The third-order valence-corrected chi connectivity index (χ3v) is 4.86. The van der Waals surface area contributed by atoms with Crippen molar-refractivity contribution in [2.24, 2.45) is 5.10 Å². The second-order valence-corrected chi connectivity index (χ2v) is 7.85. The average Bonchev–Trinajstić information content (AvgIpc) is 2.64. The molecular formula is C19H22FN3O4S. The van der Waals surface area contributed by atoms with E-state index in [0.29, 0.717) is 12.3 Å². The number of benzene rings is 2. The largest absolute Gasteiger partial charge is 0.494 e. The van der Waals surface area contributed by atoms with Crippen molar-refractivity contribution in [3.8, 4) is 5.75 Å². The second-order valence-electron chi connectivity index (χ2n) is 5.94. The summed E-state index contributed by atoms with van der Waals surface area (Å²) >= 11 is 0. The summed E-state index contributed by atoms with van der Waals surface area (Å²) in [6.07, 6.45) is 0.944. The summed E-state index contributed by atoms with van der Waals surface area (Å²) in [6, 6.07) is 12.2. The predicted molar refractivity (Wildman–Crippen MR) is 107 cm³/mol. The van der Waals surface area contributed by atoms with Crippen LogP contribution in [0.25, 0.3) is 0 Å². The first-order valence-corrected chi connectivity index (χ1v) is 10.3. The smallest absolute Gasteiger partial charge is 0.260 e. The maximum absolute atomic E-state index is 13.4. The fraction of sp³-hybridized carbons (Fsp3) is 0.263. The Kier molecular flexibility index (Phi) is 7.11. The number of carbonyl (C=O) groups is 1. The van der Waals surface area contributed by atoms with E-state index in [0.717, 1.165) is 27.9 Å². The minimum atomic E-state index is -3.79. The van der Waals surface area contributed by atoms with Gasteiger partial charge in [-0.15, -0.1) is 0 Å². The second kappa shape index (κ2) is 9.32. The molecule has 0 fully saturated rings. The Morgan fingerprint density at radius 3 is 2.46 bits per heavy atom. The summed E-state index contributed by atoms with van der Waals surface area (Å²) in [5.74, 6) is -0.530. The Morgan fingerprint density at radius 2 is 1.89 bits per heavy atom. The highest BCUT2D eigenvalue weighted by atomic mass is 32.2. The van der Waals surface area contributed by atoms with Gasteiger partial charge >= 0.3 is 0 Å². The molecular weight excluding hydrogens is 385 g/mol. The Morgan fingerprint density at radius 1 is 1.21 bits per heavy atom. The lowest BCUT2D eigenvalue weighted by Gasteiger charge is -2.21. The predicted octanol–water partition coefficient (Wildman–Crippen LogP) is 2.53. The fourth-order valence-electron chi connectivity index (χ4n) is 2.37. The Balaban J connectivity index is 2.09. The van der Waals surface area contributed by atoms with Gasteiger partial charge in [0.05, 0.1) is 24.3 Å². The molecule has 0 unspecified atom stereocenters. The van der Waals surface area contributed by atoms with E-state index in [4.69, 9.17) is 4.74 Å². The number of hydrazone groups is 1. The number of ether oxygens (including phenoxy) is 1. The molecule has 7 nitrogen and oxygen atoms in total. The maximum Gasteiger partial charge on any atom is 0.260 e. The maximum atomic E-state index is 13.4. The van der Waals surface area contributed by atoms with Crippen LogP contribution in [0.3, 0.4) is 0 Å². The highest BCUT2D eigenvalue weighted by molar-refractivity contribution is 7.92. The molecule has 0 radical (unpaired) electrons. The first-order chi connectivity index (χ1) is 13.2. The number of nitrogens with zero attached hydrogens (tertiary/aromatic N) is 2. The van der Waals surface area contributed by atoms with Crippen LogP contribution in [0, 0.1) is 5.82 Å². The highest BCUT2D eigenvalue weighted by Gasteiger charge is 2.21. The van der Waals surface area contributed by atoms with Gasteiger partial charge in [0.2, 0.25) is 10.0 Å². The molecule has 0 atom stereocenters. The number of carbonyl (C=O) groups excluding carboxylic acids is 1. The molecule has 150 valence electrons. The molecule has 0 spiro atoms. The Labute approximate surface area is 163 Å². The molecule has 2 rings (SSSR count). The van der Waals surface area contributed by atoms with Gasteiger partial charge in [-0.05, 0) is 61.9 Å². The average molecular weight is 407 g/mol. The quantitative estimate of drug-likeness (QED) is 0.538. The lowest BCUT2D eigenvalue weighted by Crippen LogP contribution is -2.39. The van der Waals surface area contributed by atoms with Gasteiger partial charge in [-0.3, -0.25) is 9.10 Å². The van der Waals surface area contributed by atoms with E-state index >= 15 is 0 Å². The van der Waals surface area contributed by atoms with Gasteiger partial charge in [0, 0.05) is 0 Å². The third kappa shape index (κ3) is 6.05. The normalized spacial score (nSPS) is 11.8. The van der Waals surface area contributed by atoms with Crippen molar-refractivity contribution >= 4 is 27.3 Å². The monoisotopic (exact) mass is 407 g/mol. The van der Waals surface area contributed by atoms with E-state index in [2.05, 4.69) is 10.5 Å². The SMILES string of the molecule is CCOc1ccc(/C(C)=N\NC(=O)CN(c2cccc(F)c2)S(C)(=O)=O)cc1. The topological polar surface area (TPSA) is 88.1 Å². The Bertz CT molecular complexity index is 959. The van der Waals surface area contributed by atoms with E-state index in [1.165, 1.54) is 18.2 Å². The highest BCUT2D eigenvalue weighted by Crippen LogP contribution is 2.18. The van der Waals surface area contributed by atoms with Crippen LogP contribution in [-0.2, 0) is 14.8 Å². The van der Waals surface area contributed by atoms with Gasteiger partial charge in [-0.25, -0.2) is 18.2 Å². The van der Waals surface area contributed by atoms with Gasteiger partial charge in [-0.2, -0.15) is 5.10 Å². The van der Waals surface area contributed by atoms with Gasteiger partial charge in [0.1, 0.15) is 18.1 Å². The van der Waals surface area contributed by atoms with Crippen LogP contribution in [-0.4, -0.2) is 39.4 Å². The molecule has 0 aliphatic heterocycles. The summed E-state index contributed by atoms with van der Waals surface area (Å²) in [6.45, 7) is 3.63. The van der Waals surface area contributed by atoms with Crippen LogP contribution in [0.4, 0.5) is 10.1 Å². The number of amides is 1. The van der Waals surface area contributed by atoms with Gasteiger partial charge in [-0.1, -0.05) is 6.07 Å². The molecule has 0 saturated heterocycles. The number of anilines is 1. The number of sulfonamides is 1. The van der Waals surface area contributed by atoms with Crippen molar-refractivity contribution < 1.29 is 22.3 Å². The standard InChI is InChI=1S/C19H22FN3O4S/c1-4-27-18-10-8-15(9-11-18)14(2)21-22-19(24)13-23(28(3,25)26)17-7-5-6-16(20)12-17/h5-12H,4,13H2,1-3H3,(H,22,24)/b21-14-. The zero-order chi connectivity index (χ0) is 20.7. The molecule has 0 heterocycles. The van der Waals surface area contributed by atoms with Crippen molar-refractivity contribution in [2.45, 2.75) is 13.8 Å². The van der Waals surface area contributed by atoms with Crippen LogP contribution >= 0.6 is 0 Å². The summed E-state index contributed by atoms with van der Waals surface area (Å²) in [4.78, 5) is 12.2. The van der Waals surface area contributed by atoms with Crippen molar-refractivity contribution in [3.63, 3.8) is 0 Å². The lowest BCUT2D eigenvalue weighted by molar-refractivity contribution is -0.119. The van der Waals surface area contributed by atoms with Gasteiger partial charge in [0.25, 0.3) is 5.91 Å². The zero-order valence-corrected chi connectivity index (χ0v) is 16.7. The number of nitrogens with one attached hydrogen (secondary N) is 1. The third-order valence-electron chi connectivity index (χ3n) is 3.72. The number of halogens is 1. The lowest BCUT2D eigenvalue weighted by atomic mass is 10.1.